The van der Waals surface area contributed by atoms with E-state index in [0.29, 0.717) is 13.1 Å². The summed E-state index contributed by atoms with van der Waals surface area (Å²) >= 11 is 0. The van der Waals surface area contributed by atoms with E-state index in [4.69, 9.17) is 0 Å². The third-order valence-corrected chi connectivity index (χ3v) is 3.19. The molecule has 4 heteroatoms. The van der Waals surface area contributed by atoms with E-state index >= 15 is 0 Å². The standard InChI is InChI=1S/C17H19FN2O/c1-13-2-4-14(5-3-13)10-11-19-17(21)20-12-15-6-8-16(18)9-7-15/h2-9H,10-12H2,1H3,(H2,19,20,21). The Hall–Kier alpha value is -2.36. The van der Waals surface area contributed by atoms with Crippen LogP contribution in [-0.4, -0.2) is 12.6 Å². The molecule has 0 heterocycles. The number of hydrogen-bond acceptors (Lipinski definition) is 1. The van der Waals surface area contributed by atoms with Crippen molar-refractivity contribution >= 4 is 6.03 Å². The molecule has 0 saturated heterocycles. The summed E-state index contributed by atoms with van der Waals surface area (Å²) in [5.41, 5.74) is 3.29. The van der Waals surface area contributed by atoms with E-state index in [9.17, 15) is 9.18 Å². The van der Waals surface area contributed by atoms with Gasteiger partial charge in [-0.3, -0.25) is 0 Å². The number of carbonyl (C=O) groups excluding carboxylic acids is 1. The zero-order valence-corrected chi connectivity index (χ0v) is 12.0. The highest BCUT2D eigenvalue weighted by atomic mass is 19.1. The summed E-state index contributed by atoms with van der Waals surface area (Å²) in [6, 6.07) is 14.1. The van der Waals surface area contributed by atoms with Crippen LogP contribution in [0.25, 0.3) is 0 Å². The second-order valence-electron chi connectivity index (χ2n) is 4.97. The molecule has 2 N–H and O–H groups in total. The van der Waals surface area contributed by atoms with Gasteiger partial charge in [0.05, 0.1) is 0 Å². The first-order chi connectivity index (χ1) is 10.1. The summed E-state index contributed by atoms with van der Waals surface area (Å²) in [6.45, 7) is 3.01. The molecule has 0 unspecified atom stereocenters. The summed E-state index contributed by atoms with van der Waals surface area (Å²) in [4.78, 5) is 11.6. The van der Waals surface area contributed by atoms with Crippen LogP contribution in [0.1, 0.15) is 16.7 Å². The van der Waals surface area contributed by atoms with Crippen molar-refractivity contribution in [2.45, 2.75) is 19.9 Å². The van der Waals surface area contributed by atoms with Crippen LogP contribution in [0, 0.1) is 12.7 Å². The molecule has 2 rings (SSSR count). The van der Waals surface area contributed by atoms with E-state index in [2.05, 4.69) is 34.9 Å². The van der Waals surface area contributed by atoms with Gasteiger partial charge in [-0.1, -0.05) is 42.0 Å². The van der Waals surface area contributed by atoms with Gasteiger partial charge in [-0.25, -0.2) is 9.18 Å². The molecular weight excluding hydrogens is 267 g/mol. The Balaban J connectivity index is 1.67. The molecule has 0 radical (unpaired) electrons. The monoisotopic (exact) mass is 286 g/mol. The fourth-order valence-electron chi connectivity index (χ4n) is 1.92. The van der Waals surface area contributed by atoms with Crippen LogP contribution in [0.3, 0.4) is 0 Å². The van der Waals surface area contributed by atoms with Crippen molar-refractivity contribution in [3.05, 3.63) is 71.0 Å². The van der Waals surface area contributed by atoms with Gasteiger partial charge in [-0.15, -0.1) is 0 Å². The van der Waals surface area contributed by atoms with Crippen LogP contribution in [0.4, 0.5) is 9.18 Å². The smallest absolute Gasteiger partial charge is 0.315 e. The lowest BCUT2D eigenvalue weighted by molar-refractivity contribution is 0.240. The average molecular weight is 286 g/mol. The zero-order valence-electron chi connectivity index (χ0n) is 12.0. The number of benzene rings is 2. The quantitative estimate of drug-likeness (QED) is 0.871. The Morgan fingerprint density at radius 3 is 2.24 bits per heavy atom. The van der Waals surface area contributed by atoms with Gasteiger partial charge < -0.3 is 10.6 Å². The summed E-state index contributed by atoms with van der Waals surface area (Å²) in [6.07, 6.45) is 0.796. The Morgan fingerprint density at radius 1 is 0.952 bits per heavy atom. The molecule has 0 aliphatic heterocycles. The average Bonchev–Trinajstić information content (AvgIpc) is 2.49. The first-order valence-corrected chi connectivity index (χ1v) is 6.95. The molecule has 3 nitrogen and oxygen atoms in total. The van der Waals surface area contributed by atoms with E-state index in [1.54, 1.807) is 12.1 Å². The second-order valence-corrected chi connectivity index (χ2v) is 4.97. The molecule has 2 amide bonds. The minimum atomic E-state index is -0.277. The molecule has 0 aromatic heterocycles. The third-order valence-electron chi connectivity index (χ3n) is 3.19. The molecule has 0 aliphatic rings. The number of carbonyl (C=O) groups is 1. The van der Waals surface area contributed by atoms with Crippen molar-refractivity contribution in [3.63, 3.8) is 0 Å². The van der Waals surface area contributed by atoms with Crippen molar-refractivity contribution in [2.24, 2.45) is 0 Å². The molecular formula is C17H19FN2O. The van der Waals surface area contributed by atoms with Gasteiger partial charge >= 0.3 is 6.03 Å². The molecule has 2 aromatic carbocycles. The van der Waals surface area contributed by atoms with Crippen molar-refractivity contribution in [2.75, 3.05) is 6.54 Å². The molecule has 0 atom stereocenters. The first kappa shape index (κ1) is 15.0. The van der Waals surface area contributed by atoms with E-state index in [-0.39, 0.29) is 11.8 Å². The van der Waals surface area contributed by atoms with Crippen LogP contribution >= 0.6 is 0 Å². The van der Waals surface area contributed by atoms with E-state index < -0.39 is 0 Å². The maximum absolute atomic E-state index is 12.7. The van der Waals surface area contributed by atoms with E-state index in [1.807, 2.05) is 6.92 Å². The predicted octanol–water partition coefficient (Wildman–Crippen LogP) is 3.18. The highest BCUT2D eigenvalue weighted by Crippen LogP contribution is 2.03. The molecule has 2 aromatic rings. The van der Waals surface area contributed by atoms with Gasteiger partial charge in [0.1, 0.15) is 5.82 Å². The molecule has 0 bridgehead atoms. The van der Waals surface area contributed by atoms with E-state index in [0.717, 1.165) is 12.0 Å². The fourth-order valence-corrected chi connectivity index (χ4v) is 1.92. The van der Waals surface area contributed by atoms with Gasteiger partial charge in [0, 0.05) is 13.1 Å². The molecule has 0 saturated carbocycles. The Labute approximate surface area is 124 Å². The van der Waals surface area contributed by atoms with Gasteiger partial charge in [0.25, 0.3) is 0 Å². The Kier molecular flexibility index (Phi) is 5.32. The summed E-state index contributed by atoms with van der Waals surface area (Å²) in [5.74, 6) is -0.277. The van der Waals surface area contributed by atoms with Crippen LogP contribution < -0.4 is 10.6 Å². The maximum atomic E-state index is 12.7. The van der Waals surface area contributed by atoms with Crippen molar-refractivity contribution in [1.82, 2.24) is 10.6 Å². The van der Waals surface area contributed by atoms with Gasteiger partial charge in [-0.05, 0) is 36.6 Å². The largest absolute Gasteiger partial charge is 0.338 e. The highest BCUT2D eigenvalue weighted by Gasteiger charge is 2.00. The van der Waals surface area contributed by atoms with Crippen LogP contribution in [0.15, 0.2) is 48.5 Å². The zero-order chi connectivity index (χ0) is 15.1. The number of urea groups is 1. The summed E-state index contributed by atoms with van der Waals surface area (Å²) < 4.78 is 12.7. The number of halogens is 1. The normalized spacial score (nSPS) is 10.2. The molecule has 0 spiro atoms. The number of aryl methyl sites for hydroxylation is 1. The molecule has 110 valence electrons. The number of rotatable bonds is 5. The summed E-state index contributed by atoms with van der Waals surface area (Å²) in [5, 5.41) is 5.54. The third kappa shape index (κ3) is 5.26. The molecule has 21 heavy (non-hydrogen) atoms. The predicted molar refractivity (Wildman–Crippen MR) is 81.5 cm³/mol. The van der Waals surface area contributed by atoms with Crippen LogP contribution in [-0.2, 0) is 13.0 Å². The fraction of sp³-hybridized carbons (Fsp3) is 0.235. The number of hydrogen-bond donors (Lipinski definition) is 2. The topological polar surface area (TPSA) is 41.1 Å². The Morgan fingerprint density at radius 2 is 1.57 bits per heavy atom. The number of nitrogens with one attached hydrogen (secondary N) is 2. The second kappa shape index (κ2) is 7.43. The van der Waals surface area contributed by atoms with Gasteiger partial charge in [-0.2, -0.15) is 0 Å². The van der Waals surface area contributed by atoms with Crippen LogP contribution in [0.2, 0.25) is 0 Å². The van der Waals surface area contributed by atoms with Crippen molar-refractivity contribution in [1.29, 1.82) is 0 Å². The lowest BCUT2D eigenvalue weighted by Crippen LogP contribution is -2.36. The van der Waals surface area contributed by atoms with Gasteiger partial charge in [0.2, 0.25) is 0 Å². The SMILES string of the molecule is Cc1ccc(CCNC(=O)NCc2ccc(F)cc2)cc1. The lowest BCUT2D eigenvalue weighted by Gasteiger charge is -2.08. The molecule has 0 fully saturated rings. The minimum Gasteiger partial charge on any atom is -0.338 e. The number of amides is 2. The summed E-state index contributed by atoms with van der Waals surface area (Å²) in [7, 11) is 0. The van der Waals surface area contributed by atoms with E-state index in [1.165, 1.54) is 23.3 Å². The Bertz CT molecular complexity index is 579. The first-order valence-electron chi connectivity index (χ1n) is 6.95. The highest BCUT2D eigenvalue weighted by molar-refractivity contribution is 5.73. The molecule has 0 aliphatic carbocycles. The van der Waals surface area contributed by atoms with Crippen molar-refractivity contribution < 1.29 is 9.18 Å². The minimum absolute atomic E-state index is 0.216. The van der Waals surface area contributed by atoms with Crippen molar-refractivity contribution in [3.8, 4) is 0 Å². The van der Waals surface area contributed by atoms with Gasteiger partial charge in [0.15, 0.2) is 0 Å². The maximum Gasteiger partial charge on any atom is 0.315 e. The lowest BCUT2D eigenvalue weighted by atomic mass is 10.1. The van der Waals surface area contributed by atoms with Crippen LogP contribution in [0.5, 0.6) is 0 Å².